The van der Waals surface area contributed by atoms with E-state index in [1.807, 2.05) is 6.07 Å². The molecule has 0 unspecified atom stereocenters. The number of aromatic nitrogens is 1. The monoisotopic (exact) mass is 366 g/mol. The Morgan fingerprint density at radius 3 is 2.67 bits per heavy atom. The number of hydrogen-bond donors (Lipinski definition) is 2. The molecule has 1 aliphatic rings. The molecular formula is C20H22N4O3. The van der Waals surface area contributed by atoms with Crippen molar-refractivity contribution in [3.8, 4) is 11.5 Å². The highest BCUT2D eigenvalue weighted by molar-refractivity contribution is 6.03. The Balaban J connectivity index is 1.36. The van der Waals surface area contributed by atoms with E-state index in [2.05, 4.69) is 39.6 Å². The number of nitrogens with two attached hydrogens (primary N) is 1. The number of furan rings is 1. The van der Waals surface area contributed by atoms with Crippen LogP contribution in [-0.2, 0) is 6.54 Å². The molecule has 0 atom stereocenters. The maximum absolute atomic E-state index is 12.7. The van der Waals surface area contributed by atoms with Gasteiger partial charge >= 0.3 is 0 Å². The van der Waals surface area contributed by atoms with Crippen molar-refractivity contribution in [2.24, 2.45) is 0 Å². The van der Waals surface area contributed by atoms with Crippen LogP contribution in [-0.4, -0.2) is 35.1 Å². The number of benzene rings is 1. The maximum atomic E-state index is 12.7. The molecule has 2 aromatic heterocycles. The third-order valence-electron chi connectivity index (χ3n) is 4.87. The first-order valence-electron chi connectivity index (χ1n) is 9.07. The van der Waals surface area contributed by atoms with Gasteiger partial charge in [-0.2, -0.15) is 0 Å². The Morgan fingerprint density at radius 2 is 1.96 bits per heavy atom. The summed E-state index contributed by atoms with van der Waals surface area (Å²) in [6.07, 6.45) is 3.30. The highest BCUT2D eigenvalue weighted by atomic mass is 16.5. The van der Waals surface area contributed by atoms with Gasteiger partial charge in [0.1, 0.15) is 5.56 Å². The van der Waals surface area contributed by atoms with E-state index in [-0.39, 0.29) is 23.4 Å². The molecule has 7 heteroatoms. The molecule has 1 fully saturated rings. The Bertz CT molecular complexity index is 881. The fourth-order valence-corrected chi connectivity index (χ4v) is 3.44. The number of nitrogens with one attached hydrogen (secondary N) is 1. The van der Waals surface area contributed by atoms with Crippen molar-refractivity contribution in [3.05, 3.63) is 59.9 Å². The predicted molar refractivity (Wildman–Crippen MR) is 101 cm³/mol. The molecule has 1 amide bonds. The molecule has 0 spiro atoms. The normalized spacial score (nSPS) is 15.7. The van der Waals surface area contributed by atoms with E-state index in [4.69, 9.17) is 14.7 Å². The van der Waals surface area contributed by atoms with Crippen molar-refractivity contribution >= 4 is 11.8 Å². The van der Waals surface area contributed by atoms with Gasteiger partial charge < -0.3 is 20.0 Å². The molecule has 4 rings (SSSR count). The van der Waals surface area contributed by atoms with E-state index in [1.165, 1.54) is 11.8 Å². The summed E-state index contributed by atoms with van der Waals surface area (Å²) >= 11 is 0. The molecule has 7 nitrogen and oxygen atoms in total. The van der Waals surface area contributed by atoms with Gasteiger partial charge in [0.15, 0.2) is 11.5 Å². The van der Waals surface area contributed by atoms with Crippen LogP contribution >= 0.6 is 0 Å². The van der Waals surface area contributed by atoms with Crippen LogP contribution in [0.4, 0.5) is 5.88 Å². The average Bonchev–Trinajstić information content (AvgIpc) is 3.33. The highest BCUT2D eigenvalue weighted by Gasteiger charge is 2.27. The molecule has 0 radical (unpaired) electrons. The van der Waals surface area contributed by atoms with Crippen LogP contribution in [0.5, 0.6) is 0 Å². The van der Waals surface area contributed by atoms with Gasteiger partial charge in [0.25, 0.3) is 5.91 Å². The smallest absolute Gasteiger partial charge is 0.259 e. The summed E-state index contributed by atoms with van der Waals surface area (Å²) in [7, 11) is 0. The minimum Gasteiger partial charge on any atom is -0.463 e. The summed E-state index contributed by atoms with van der Waals surface area (Å²) in [6.45, 7) is 2.80. The lowest BCUT2D eigenvalue weighted by Gasteiger charge is -2.32. The van der Waals surface area contributed by atoms with Gasteiger partial charge in [-0.3, -0.25) is 9.69 Å². The Kier molecular flexibility index (Phi) is 4.93. The zero-order valence-electron chi connectivity index (χ0n) is 14.9. The fourth-order valence-electron chi connectivity index (χ4n) is 3.44. The topological polar surface area (TPSA) is 97.5 Å². The number of carbonyl (C=O) groups is 1. The van der Waals surface area contributed by atoms with Gasteiger partial charge in [0.05, 0.1) is 6.26 Å². The molecule has 0 aliphatic carbocycles. The third kappa shape index (κ3) is 3.88. The lowest BCUT2D eigenvalue weighted by Crippen LogP contribution is -2.44. The van der Waals surface area contributed by atoms with Crippen LogP contribution in [0.2, 0.25) is 0 Å². The first-order chi connectivity index (χ1) is 13.2. The summed E-state index contributed by atoms with van der Waals surface area (Å²) < 4.78 is 10.3. The van der Waals surface area contributed by atoms with Crippen LogP contribution in [0.15, 0.2) is 57.7 Å². The van der Waals surface area contributed by atoms with Crippen LogP contribution < -0.4 is 11.1 Å². The molecule has 140 valence electrons. The van der Waals surface area contributed by atoms with Crippen molar-refractivity contribution in [1.82, 2.24) is 15.4 Å². The molecule has 1 aliphatic heterocycles. The average molecular weight is 366 g/mol. The second kappa shape index (κ2) is 7.67. The molecule has 1 saturated heterocycles. The number of hydrogen-bond acceptors (Lipinski definition) is 6. The minimum absolute atomic E-state index is 0.000383. The summed E-state index contributed by atoms with van der Waals surface area (Å²) in [4.78, 5) is 15.1. The zero-order chi connectivity index (χ0) is 18.6. The van der Waals surface area contributed by atoms with E-state index in [1.54, 1.807) is 12.1 Å². The lowest BCUT2D eigenvalue weighted by molar-refractivity contribution is 0.0910. The second-order valence-electron chi connectivity index (χ2n) is 6.76. The summed E-state index contributed by atoms with van der Waals surface area (Å²) in [6, 6.07) is 14.0. The standard InChI is InChI=1S/C20H22N4O3/c21-19-17(18(23-27-19)16-7-4-12-26-16)20(25)22-15-8-10-24(11-9-15)13-14-5-2-1-3-6-14/h1-7,12,15H,8-11,13,21H2,(H,22,25). The van der Waals surface area contributed by atoms with Gasteiger partial charge in [-0.05, 0) is 30.5 Å². The lowest BCUT2D eigenvalue weighted by atomic mass is 10.0. The maximum Gasteiger partial charge on any atom is 0.259 e. The van der Waals surface area contributed by atoms with E-state index >= 15 is 0 Å². The Hall–Kier alpha value is -3.06. The molecule has 27 heavy (non-hydrogen) atoms. The van der Waals surface area contributed by atoms with Gasteiger partial charge in [0.2, 0.25) is 5.88 Å². The Morgan fingerprint density at radius 1 is 1.19 bits per heavy atom. The highest BCUT2D eigenvalue weighted by Crippen LogP contribution is 2.27. The van der Waals surface area contributed by atoms with Crippen LogP contribution in [0.3, 0.4) is 0 Å². The number of rotatable bonds is 5. The molecule has 3 aromatic rings. The summed E-state index contributed by atoms with van der Waals surface area (Å²) in [5.74, 6) is 0.181. The first-order valence-corrected chi connectivity index (χ1v) is 9.07. The largest absolute Gasteiger partial charge is 0.463 e. The molecular weight excluding hydrogens is 344 g/mol. The van der Waals surface area contributed by atoms with Gasteiger partial charge in [-0.1, -0.05) is 35.5 Å². The van der Waals surface area contributed by atoms with E-state index in [0.29, 0.717) is 11.5 Å². The minimum atomic E-state index is -0.276. The van der Waals surface area contributed by atoms with Crippen molar-refractivity contribution < 1.29 is 13.7 Å². The van der Waals surface area contributed by atoms with Gasteiger partial charge in [0, 0.05) is 25.7 Å². The quantitative estimate of drug-likeness (QED) is 0.720. The number of carbonyl (C=O) groups excluding carboxylic acids is 1. The summed E-state index contributed by atoms with van der Waals surface area (Å²) in [5.41, 5.74) is 7.69. The van der Waals surface area contributed by atoms with E-state index in [9.17, 15) is 4.79 Å². The summed E-state index contributed by atoms with van der Waals surface area (Å²) in [5, 5.41) is 6.93. The van der Waals surface area contributed by atoms with E-state index < -0.39 is 0 Å². The molecule has 0 bridgehead atoms. The first kappa shape index (κ1) is 17.4. The van der Waals surface area contributed by atoms with E-state index in [0.717, 1.165) is 32.5 Å². The fraction of sp³-hybridized carbons (Fsp3) is 0.300. The van der Waals surface area contributed by atoms with Crippen molar-refractivity contribution in [1.29, 1.82) is 0 Å². The van der Waals surface area contributed by atoms with Crippen molar-refractivity contribution in [2.45, 2.75) is 25.4 Å². The van der Waals surface area contributed by atoms with Crippen LogP contribution in [0.1, 0.15) is 28.8 Å². The number of nitrogen functional groups attached to an aromatic ring is 1. The van der Waals surface area contributed by atoms with Crippen molar-refractivity contribution in [3.63, 3.8) is 0 Å². The Labute approximate surface area is 157 Å². The second-order valence-corrected chi connectivity index (χ2v) is 6.76. The molecule has 3 N–H and O–H groups in total. The number of likely N-dealkylation sites (tertiary alicyclic amines) is 1. The number of nitrogens with zero attached hydrogens (tertiary/aromatic N) is 2. The SMILES string of the molecule is Nc1onc(-c2ccco2)c1C(=O)NC1CCN(Cc2ccccc2)CC1. The predicted octanol–water partition coefficient (Wildman–Crippen LogP) is 2.91. The third-order valence-corrected chi connectivity index (χ3v) is 4.87. The molecule has 1 aromatic carbocycles. The van der Waals surface area contributed by atoms with Crippen LogP contribution in [0, 0.1) is 0 Å². The van der Waals surface area contributed by atoms with Crippen LogP contribution in [0.25, 0.3) is 11.5 Å². The zero-order valence-corrected chi connectivity index (χ0v) is 14.9. The number of anilines is 1. The van der Waals surface area contributed by atoms with Crippen molar-refractivity contribution in [2.75, 3.05) is 18.8 Å². The molecule has 0 saturated carbocycles. The number of amides is 1. The number of piperidine rings is 1. The molecule has 3 heterocycles. The van der Waals surface area contributed by atoms with Gasteiger partial charge in [-0.15, -0.1) is 0 Å². The van der Waals surface area contributed by atoms with Gasteiger partial charge in [-0.25, -0.2) is 0 Å².